The Labute approximate surface area is 173 Å². The molecule has 1 nitrogen and oxygen atoms in total. The average molecular weight is 377 g/mol. The van der Waals surface area contributed by atoms with Crippen molar-refractivity contribution in [2.45, 2.75) is 20.8 Å². The zero-order valence-electron chi connectivity index (χ0n) is 14.9. The van der Waals surface area contributed by atoms with Crippen LogP contribution in [0, 0.1) is 20.8 Å². The zero-order valence-corrected chi connectivity index (χ0v) is 18.1. The summed E-state index contributed by atoms with van der Waals surface area (Å²) in [5.41, 5.74) is 3.54. The molecule has 3 rings (SSSR count). The van der Waals surface area contributed by atoms with Crippen molar-refractivity contribution in [3.63, 3.8) is 0 Å². The third-order valence-corrected chi connectivity index (χ3v) is 7.81. The first-order valence-electron chi connectivity index (χ1n) is 7.92. The normalized spacial score (nSPS) is 10.6. The van der Waals surface area contributed by atoms with Gasteiger partial charge < -0.3 is 17.2 Å². The fraction of sp³-hybridized carbons (Fsp3) is 0.143. The molecule has 0 heterocycles. The van der Waals surface area contributed by atoms with E-state index in [1.165, 1.54) is 16.7 Å². The van der Waals surface area contributed by atoms with Crippen molar-refractivity contribution in [2.75, 3.05) is 0 Å². The predicted octanol–water partition coefficient (Wildman–Crippen LogP) is -1.44. The van der Waals surface area contributed by atoms with E-state index >= 15 is 0 Å². The molecule has 0 saturated carbocycles. The van der Waals surface area contributed by atoms with E-state index in [2.05, 4.69) is 20.8 Å². The molecule has 0 atom stereocenters. The summed E-state index contributed by atoms with van der Waals surface area (Å²) in [4.78, 5) is 14.2. The maximum absolute atomic E-state index is 14.2. The summed E-state index contributed by atoms with van der Waals surface area (Å²) < 4.78 is 0. The number of hydrogen-bond acceptors (Lipinski definition) is 1. The number of rotatable bonds is 3. The molecule has 0 aromatic heterocycles. The minimum atomic E-state index is -3.20. The van der Waals surface area contributed by atoms with Gasteiger partial charge >= 0.3 is 23.1 Å². The largest absolute Gasteiger partial charge is 2.00 e. The van der Waals surface area contributed by atoms with Crippen LogP contribution in [0.15, 0.2) is 72.8 Å². The van der Waals surface area contributed by atoms with E-state index in [0.717, 1.165) is 15.6 Å². The topological polar surface area (TPSA) is 23.1 Å². The Kier molecular flexibility index (Phi) is 7.91. The zero-order chi connectivity index (χ0) is 16.4. The van der Waals surface area contributed by atoms with E-state index in [4.69, 9.17) is 0 Å². The molecule has 0 amide bonds. The van der Waals surface area contributed by atoms with E-state index < -0.39 is 8.32 Å². The SMILES string of the molecule is Cc1ccc([Si]([O-])(c2ccc(C)cc2)c2ccc(C)cc2)cc1.[Cl-].[Mg+2]. The smallest absolute Gasteiger partial charge is 1.00 e. The van der Waals surface area contributed by atoms with Gasteiger partial charge in [0.25, 0.3) is 0 Å². The summed E-state index contributed by atoms with van der Waals surface area (Å²) in [5, 5.41) is 2.74. The van der Waals surface area contributed by atoms with Gasteiger partial charge in [-0.15, -0.1) is 0 Å². The molecule has 0 aliphatic carbocycles. The summed E-state index contributed by atoms with van der Waals surface area (Å²) in [6.07, 6.45) is 0. The van der Waals surface area contributed by atoms with Crippen molar-refractivity contribution in [1.82, 2.24) is 0 Å². The summed E-state index contributed by atoms with van der Waals surface area (Å²) in [7, 11) is -3.20. The minimum Gasteiger partial charge on any atom is -1.00 e. The summed E-state index contributed by atoms with van der Waals surface area (Å²) in [6, 6.07) is 24.3. The van der Waals surface area contributed by atoms with Gasteiger partial charge in [-0.25, -0.2) is 0 Å². The van der Waals surface area contributed by atoms with E-state index in [9.17, 15) is 4.80 Å². The van der Waals surface area contributed by atoms with Crippen LogP contribution in [-0.2, 0) is 0 Å². The average Bonchev–Trinajstić information content (AvgIpc) is 2.56. The molecular weight excluding hydrogens is 356 g/mol. The third-order valence-electron chi connectivity index (χ3n) is 4.37. The Balaban J connectivity index is 0.00000156. The van der Waals surface area contributed by atoms with E-state index in [-0.39, 0.29) is 35.5 Å². The van der Waals surface area contributed by atoms with Gasteiger partial charge in [-0.05, 0) is 20.8 Å². The molecule has 0 aliphatic heterocycles. The molecule has 25 heavy (non-hydrogen) atoms. The van der Waals surface area contributed by atoms with Crippen LogP contribution in [0.4, 0.5) is 0 Å². The van der Waals surface area contributed by atoms with Crippen molar-refractivity contribution in [3.8, 4) is 0 Å². The molecule has 4 heteroatoms. The molecular formula is C21H21ClMgOSi. The molecule has 124 valence electrons. The molecule has 0 aliphatic rings. The van der Waals surface area contributed by atoms with Gasteiger partial charge in [-0.1, -0.05) is 105 Å². The van der Waals surface area contributed by atoms with Crippen molar-refractivity contribution in [2.24, 2.45) is 0 Å². The number of benzene rings is 3. The Morgan fingerprint density at radius 2 is 0.720 bits per heavy atom. The predicted molar refractivity (Wildman–Crippen MR) is 104 cm³/mol. The second-order valence-electron chi connectivity index (χ2n) is 6.28. The van der Waals surface area contributed by atoms with Crippen molar-refractivity contribution in [3.05, 3.63) is 89.5 Å². The molecule has 0 spiro atoms. The Hall–Kier alpha value is -1.11. The Morgan fingerprint density at radius 1 is 0.520 bits per heavy atom. The van der Waals surface area contributed by atoms with E-state index in [0.29, 0.717) is 0 Å². The summed E-state index contributed by atoms with van der Waals surface area (Å²) >= 11 is 0. The summed E-state index contributed by atoms with van der Waals surface area (Å²) in [5.74, 6) is 0. The fourth-order valence-corrected chi connectivity index (χ4v) is 5.77. The van der Waals surface area contributed by atoms with Crippen molar-refractivity contribution < 1.29 is 17.2 Å². The first-order valence-corrected chi connectivity index (χ1v) is 9.83. The van der Waals surface area contributed by atoms with Crippen LogP contribution in [0.5, 0.6) is 0 Å². The van der Waals surface area contributed by atoms with Crippen molar-refractivity contribution in [1.29, 1.82) is 0 Å². The quantitative estimate of drug-likeness (QED) is 0.405. The van der Waals surface area contributed by atoms with Crippen LogP contribution in [0.2, 0.25) is 0 Å². The maximum atomic E-state index is 14.2. The van der Waals surface area contributed by atoms with E-state index in [1.807, 2.05) is 72.8 Å². The molecule has 0 unspecified atom stereocenters. The molecule has 0 fully saturated rings. The fourth-order valence-electron chi connectivity index (χ4n) is 2.86. The van der Waals surface area contributed by atoms with Crippen molar-refractivity contribution >= 4 is 46.9 Å². The summed E-state index contributed by atoms with van der Waals surface area (Å²) in [6.45, 7) is 6.15. The molecule has 0 N–H and O–H groups in total. The van der Waals surface area contributed by atoms with Crippen LogP contribution < -0.4 is 32.8 Å². The molecule has 0 radical (unpaired) electrons. The maximum Gasteiger partial charge on any atom is 2.00 e. The molecule has 0 bridgehead atoms. The molecule has 3 aromatic rings. The van der Waals surface area contributed by atoms with Gasteiger partial charge in [0.15, 0.2) is 0 Å². The molecule has 0 saturated heterocycles. The second-order valence-corrected chi connectivity index (χ2v) is 9.37. The number of aryl methyl sites for hydroxylation is 3. The van der Waals surface area contributed by atoms with Crippen LogP contribution in [-0.4, -0.2) is 31.4 Å². The first-order chi connectivity index (χ1) is 11.0. The van der Waals surface area contributed by atoms with E-state index in [1.54, 1.807) is 0 Å². The minimum absolute atomic E-state index is 0. The standard InChI is InChI=1S/C21H21OSi.ClH.Mg/c1-16-4-10-19(11-5-16)23(22,20-12-6-17(2)7-13-20)21-14-8-18(3)9-15-21;;/h4-15H,1-3H3;1H;/q-1;;+2/p-1. The monoisotopic (exact) mass is 376 g/mol. The van der Waals surface area contributed by atoms with Gasteiger partial charge in [0.2, 0.25) is 0 Å². The van der Waals surface area contributed by atoms with Gasteiger partial charge in [0, 0.05) is 0 Å². The first kappa shape index (κ1) is 21.9. The van der Waals surface area contributed by atoms with Gasteiger partial charge in [-0.3, -0.25) is 0 Å². The second kappa shape index (κ2) is 9.01. The van der Waals surface area contributed by atoms with Crippen LogP contribution >= 0.6 is 0 Å². The van der Waals surface area contributed by atoms with Gasteiger partial charge in [0.1, 0.15) is 0 Å². The Bertz CT molecular complexity index is 688. The van der Waals surface area contributed by atoms with Gasteiger partial charge in [-0.2, -0.15) is 0 Å². The number of halogens is 1. The van der Waals surface area contributed by atoms with Crippen LogP contribution in [0.3, 0.4) is 0 Å². The third kappa shape index (κ3) is 4.54. The Morgan fingerprint density at radius 3 is 0.920 bits per heavy atom. The molecule has 3 aromatic carbocycles. The number of hydrogen-bond donors (Lipinski definition) is 0. The van der Waals surface area contributed by atoms with Crippen LogP contribution in [0.25, 0.3) is 0 Å². The van der Waals surface area contributed by atoms with Gasteiger partial charge in [0.05, 0.1) is 8.32 Å². The van der Waals surface area contributed by atoms with Crippen LogP contribution in [0.1, 0.15) is 16.7 Å².